The molecule has 3 N–H and O–H groups in total. The van der Waals surface area contributed by atoms with Crippen molar-refractivity contribution in [2.24, 2.45) is 0 Å². The first-order chi connectivity index (χ1) is 11.6. The molecule has 25 heavy (non-hydrogen) atoms. The Bertz CT molecular complexity index is 629. The number of aryl methyl sites for hydroxylation is 1. The molecule has 2 rings (SSSR count). The third-order valence-electron chi connectivity index (χ3n) is 4.18. The summed E-state index contributed by atoms with van der Waals surface area (Å²) in [6.45, 7) is 7.38. The number of aromatic hydroxyl groups is 1. The molecule has 0 radical (unpaired) electrons. The molecular weight excluding hydrogens is 320 g/mol. The van der Waals surface area contributed by atoms with E-state index < -0.39 is 11.7 Å². The van der Waals surface area contributed by atoms with Crippen molar-refractivity contribution in [2.45, 2.75) is 71.1 Å². The van der Waals surface area contributed by atoms with E-state index in [1.807, 2.05) is 27.7 Å². The summed E-state index contributed by atoms with van der Waals surface area (Å²) in [5.41, 5.74) is 0.715. The second-order valence-corrected chi connectivity index (χ2v) is 7.69. The highest BCUT2D eigenvalue weighted by Crippen LogP contribution is 2.22. The number of rotatable bonds is 3. The first-order valence-electron chi connectivity index (χ1n) is 8.74. The van der Waals surface area contributed by atoms with Gasteiger partial charge in [0.05, 0.1) is 5.56 Å². The molecule has 138 valence electrons. The quantitative estimate of drug-likeness (QED) is 0.782. The van der Waals surface area contributed by atoms with Crippen LogP contribution in [0.25, 0.3) is 0 Å². The van der Waals surface area contributed by atoms with Crippen LogP contribution in [0.1, 0.15) is 62.4 Å². The van der Waals surface area contributed by atoms with Crippen LogP contribution in [0.5, 0.6) is 5.75 Å². The number of nitrogens with one attached hydrogen (secondary N) is 2. The summed E-state index contributed by atoms with van der Waals surface area (Å²) in [5, 5.41) is 15.7. The maximum Gasteiger partial charge on any atom is 0.407 e. The van der Waals surface area contributed by atoms with Crippen LogP contribution in [0.2, 0.25) is 0 Å². The lowest BCUT2D eigenvalue weighted by Gasteiger charge is -2.30. The Kier molecular flexibility index (Phi) is 5.93. The summed E-state index contributed by atoms with van der Waals surface area (Å²) in [4.78, 5) is 24.2. The molecule has 1 saturated carbocycles. The van der Waals surface area contributed by atoms with Crippen molar-refractivity contribution in [3.63, 3.8) is 0 Å². The van der Waals surface area contributed by atoms with Crippen LogP contribution in [0.15, 0.2) is 18.2 Å². The lowest BCUT2D eigenvalue weighted by molar-refractivity contribution is 0.0488. The van der Waals surface area contributed by atoms with Crippen LogP contribution in [0, 0.1) is 6.92 Å². The van der Waals surface area contributed by atoms with Gasteiger partial charge in [-0.15, -0.1) is 0 Å². The SMILES string of the molecule is Cc1ccc(O)c(C(=O)N[C@H]2CC[C@@H](NC(=O)OC(C)(C)C)CC2)c1. The standard InChI is InChI=1S/C19H28N2O4/c1-12-5-10-16(22)15(11-12)17(23)20-13-6-8-14(9-7-13)21-18(24)25-19(2,3)4/h5,10-11,13-14,22H,6-9H2,1-4H3,(H,20,23)(H,21,24)/t13-,14+. The third-order valence-corrected chi connectivity index (χ3v) is 4.18. The van der Waals surface area contributed by atoms with E-state index in [4.69, 9.17) is 4.74 Å². The van der Waals surface area contributed by atoms with Gasteiger partial charge in [-0.1, -0.05) is 11.6 Å². The Hall–Kier alpha value is -2.24. The van der Waals surface area contributed by atoms with Crippen molar-refractivity contribution >= 4 is 12.0 Å². The van der Waals surface area contributed by atoms with E-state index in [0.29, 0.717) is 5.56 Å². The average Bonchev–Trinajstić information content (AvgIpc) is 2.49. The Morgan fingerprint density at radius 2 is 1.64 bits per heavy atom. The van der Waals surface area contributed by atoms with E-state index in [1.165, 1.54) is 6.07 Å². The van der Waals surface area contributed by atoms with Crippen molar-refractivity contribution in [3.8, 4) is 5.75 Å². The fraction of sp³-hybridized carbons (Fsp3) is 0.579. The van der Waals surface area contributed by atoms with Crippen LogP contribution >= 0.6 is 0 Å². The minimum absolute atomic E-state index is 0.0108. The van der Waals surface area contributed by atoms with Gasteiger partial charge in [0.2, 0.25) is 0 Å². The molecule has 0 bridgehead atoms. The van der Waals surface area contributed by atoms with E-state index >= 15 is 0 Å². The second-order valence-electron chi connectivity index (χ2n) is 7.69. The zero-order valence-corrected chi connectivity index (χ0v) is 15.4. The smallest absolute Gasteiger partial charge is 0.407 e. The minimum Gasteiger partial charge on any atom is -0.507 e. The molecule has 0 aromatic heterocycles. The molecule has 0 aliphatic heterocycles. The van der Waals surface area contributed by atoms with Gasteiger partial charge < -0.3 is 20.5 Å². The molecule has 1 aliphatic rings. The number of hydrogen-bond acceptors (Lipinski definition) is 4. The van der Waals surface area contributed by atoms with Crippen molar-refractivity contribution in [3.05, 3.63) is 29.3 Å². The average molecular weight is 348 g/mol. The number of phenolic OH excluding ortho intramolecular Hbond substituents is 1. The number of alkyl carbamates (subject to hydrolysis) is 1. The summed E-state index contributed by atoms with van der Waals surface area (Å²) in [6.07, 6.45) is 2.72. The molecule has 6 heteroatoms. The summed E-state index contributed by atoms with van der Waals surface area (Å²) < 4.78 is 5.27. The van der Waals surface area contributed by atoms with E-state index in [-0.39, 0.29) is 23.7 Å². The molecule has 2 amide bonds. The number of phenols is 1. The highest BCUT2D eigenvalue weighted by Gasteiger charge is 2.26. The number of amides is 2. The topological polar surface area (TPSA) is 87.7 Å². The molecule has 0 saturated heterocycles. The highest BCUT2D eigenvalue weighted by atomic mass is 16.6. The molecule has 1 aromatic carbocycles. The van der Waals surface area contributed by atoms with Gasteiger partial charge in [0.1, 0.15) is 11.4 Å². The van der Waals surface area contributed by atoms with Crippen LogP contribution in [-0.4, -0.2) is 34.8 Å². The molecule has 0 spiro atoms. The Morgan fingerprint density at radius 1 is 1.08 bits per heavy atom. The van der Waals surface area contributed by atoms with Crippen LogP contribution < -0.4 is 10.6 Å². The Balaban J connectivity index is 1.81. The normalized spacial score (nSPS) is 20.6. The van der Waals surface area contributed by atoms with Crippen molar-refractivity contribution in [1.29, 1.82) is 0 Å². The zero-order chi connectivity index (χ0) is 18.6. The molecular formula is C19H28N2O4. The van der Waals surface area contributed by atoms with Crippen molar-refractivity contribution in [1.82, 2.24) is 10.6 Å². The molecule has 0 unspecified atom stereocenters. The molecule has 0 atom stereocenters. The molecule has 0 heterocycles. The van der Waals surface area contributed by atoms with Gasteiger partial charge in [0.25, 0.3) is 5.91 Å². The van der Waals surface area contributed by atoms with Gasteiger partial charge in [0, 0.05) is 12.1 Å². The largest absolute Gasteiger partial charge is 0.507 e. The maximum absolute atomic E-state index is 12.3. The van der Waals surface area contributed by atoms with Gasteiger partial charge >= 0.3 is 6.09 Å². The summed E-state index contributed by atoms with van der Waals surface area (Å²) in [7, 11) is 0. The van der Waals surface area contributed by atoms with E-state index in [0.717, 1.165) is 31.2 Å². The summed E-state index contributed by atoms with van der Waals surface area (Å²) in [5.74, 6) is -0.270. The molecule has 6 nitrogen and oxygen atoms in total. The first-order valence-corrected chi connectivity index (χ1v) is 8.74. The maximum atomic E-state index is 12.3. The summed E-state index contributed by atoms with van der Waals surface area (Å²) >= 11 is 0. The first kappa shape index (κ1) is 19.1. The number of benzene rings is 1. The Labute approximate surface area is 149 Å². The number of carbonyl (C=O) groups excluding carboxylic acids is 2. The van der Waals surface area contributed by atoms with Gasteiger partial charge in [-0.3, -0.25) is 4.79 Å². The second kappa shape index (κ2) is 7.76. The van der Waals surface area contributed by atoms with E-state index in [1.54, 1.807) is 12.1 Å². The lowest BCUT2D eigenvalue weighted by atomic mass is 9.91. The number of ether oxygens (including phenoxy) is 1. The van der Waals surface area contributed by atoms with Crippen molar-refractivity contribution in [2.75, 3.05) is 0 Å². The van der Waals surface area contributed by atoms with E-state index in [9.17, 15) is 14.7 Å². The van der Waals surface area contributed by atoms with Crippen LogP contribution in [-0.2, 0) is 4.74 Å². The van der Waals surface area contributed by atoms with Crippen LogP contribution in [0.3, 0.4) is 0 Å². The van der Waals surface area contributed by atoms with Gasteiger partial charge in [-0.05, 0) is 65.5 Å². The predicted octanol–water partition coefficient (Wildman–Crippen LogP) is 3.27. The van der Waals surface area contributed by atoms with Crippen molar-refractivity contribution < 1.29 is 19.4 Å². The number of carbonyl (C=O) groups is 2. The number of hydrogen-bond donors (Lipinski definition) is 3. The Morgan fingerprint density at radius 3 is 2.20 bits per heavy atom. The fourth-order valence-electron chi connectivity index (χ4n) is 2.95. The fourth-order valence-corrected chi connectivity index (χ4v) is 2.95. The van der Waals surface area contributed by atoms with Gasteiger partial charge in [-0.2, -0.15) is 0 Å². The third kappa shape index (κ3) is 5.96. The minimum atomic E-state index is -0.509. The van der Waals surface area contributed by atoms with Crippen LogP contribution in [0.4, 0.5) is 4.79 Å². The van der Waals surface area contributed by atoms with E-state index in [2.05, 4.69) is 10.6 Å². The predicted molar refractivity (Wildman–Crippen MR) is 95.7 cm³/mol. The molecule has 1 aliphatic carbocycles. The van der Waals surface area contributed by atoms with Gasteiger partial charge in [-0.25, -0.2) is 4.79 Å². The van der Waals surface area contributed by atoms with Gasteiger partial charge in [0.15, 0.2) is 0 Å². The molecule has 1 aromatic rings. The highest BCUT2D eigenvalue weighted by molar-refractivity contribution is 5.97. The lowest BCUT2D eigenvalue weighted by Crippen LogP contribution is -2.45. The monoisotopic (exact) mass is 348 g/mol. The summed E-state index contributed by atoms with van der Waals surface area (Å²) in [6, 6.07) is 5.09. The zero-order valence-electron chi connectivity index (χ0n) is 15.4. The molecule has 1 fully saturated rings.